The zero-order valence-electron chi connectivity index (χ0n) is 18.4. The zero-order valence-corrected chi connectivity index (χ0v) is 18.4. The largest absolute Gasteiger partial charge is 0.445 e. The van der Waals surface area contributed by atoms with Crippen LogP contribution in [0.3, 0.4) is 0 Å². The third kappa shape index (κ3) is 5.07. The molecule has 0 atom stereocenters. The number of likely N-dealkylation sites (tertiary alicyclic amines) is 1. The van der Waals surface area contributed by atoms with Crippen molar-refractivity contribution in [1.29, 1.82) is 0 Å². The minimum absolute atomic E-state index is 0.0347. The molecular formula is C24H29N5O3. The van der Waals surface area contributed by atoms with Crippen LogP contribution in [0.5, 0.6) is 0 Å². The molecule has 4 rings (SSSR count). The van der Waals surface area contributed by atoms with E-state index in [0.717, 1.165) is 24.9 Å². The third-order valence-corrected chi connectivity index (χ3v) is 5.81. The van der Waals surface area contributed by atoms with Gasteiger partial charge in [-0.2, -0.15) is 0 Å². The first-order valence-electron chi connectivity index (χ1n) is 11.2. The molecule has 168 valence electrons. The Morgan fingerprint density at radius 3 is 2.72 bits per heavy atom. The van der Waals surface area contributed by atoms with Crippen molar-refractivity contribution in [3.8, 4) is 0 Å². The van der Waals surface area contributed by atoms with Crippen molar-refractivity contribution in [2.24, 2.45) is 0 Å². The Balaban J connectivity index is 1.37. The minimum Gasteiger partial charge on any atom is -0.445 e. The fourth-order valence-corrected chi connectivity index (χ4v) is 3.93. The van der Waals surface area contributed by atoms with Gasteiger partial charge in [0.2, 0.25) is 5.95 Å². The second-order valence-electron chi connectivity index (χ2n) is 8.06. The number of unbranched alkanes of at least 4 members (excludes halogenated alkanes) is 1. The number of fused-ring (bicyclic) bond motifs is 1. The normalized spacial score (nSPS) is 14.5. The van der Waals surface area contributed by atoms with E-state index in [2.05, 4.69) is 22.2 Å². The smallest absolute Gasteiger partial charge is 0.410 e. The van der Waals surface area contributed by atoms with E-state index in [0.29, 0.717) is 42.8 Å². The highest BCUT2D eigenvalue weighted by molar-refractivity contribution is 5.77. The average Bonchev–Trinajstić information content (AvgIpc) is 2.84. The maximum Gasteiger partial charge on any atom is 0.410 e. The van der Waals surface area contributed by atoms with Crippen molar-refractivity contribution < 1.29 is 9.53 Å². The van der Waals surface area contributed by atoms with Gasteiger partial charge >= 0.3 is 6.09 Å². The summed E-state index contributed by atoms with van der Waals surface area (Å²) < 4.78 is 7.18. The number of benzene rings is 1. The van der Waals surface area contributed by atoms with Gasteiger partial charge < -0.3 is 19.5 Å². The predicted octanol–water partition coefficient (Wildman–Crippen LogP) is 3.98. The molecule has 0 unspecified atom stereocenters. The topological polar surface area (TPSA) is 89.4 Å². The molecule has 1 aromatic carbocycles. The Morgan fingerprint density at radius 2 is 1.97 bits per heavy atom. The first-order valence-corrected chi connectivity index (χ1v) is 11.2. The maximum absolute atomic E-state index is 13.0. The van der Waals surface area contributed by atoms with Gasteiger partial charge in [0.05, 0.1) is 10.9 Å². The maximum atomic E-state index is 13.0. The summed E-state index contributed by atoms with van der Waals surface area (Å²) in [6.07, 6.45) is 6.63. The van der Waals surface area contributed by atoms with Crippen molar-refractivity contribution in [1.82, 2.24) is 19.4 Å². The zero-order chi connectivity index (χ0) is 22.3. The first kappa shape index (κ1) is 21.8. The number of hydrogen-bond donors (Lipinski definition) is 1. The van der Waals surface area contributed by atoms with Crippen LogP contribution in [0.4, 0.5) is 10.7 Å². The van der Waals surface area contributed by atoms with Crippen molar-refractivity contribution in [3.63, 3.8) is 0 Å². The molecule has 0 saturated carbocycles. The van der Waals surface area contributed by atoms with E-state index in [1.54, 1.807) is 15.7 Å². The summed E-state index contributed by atoms with van der Waals surface area (Å²) in [6, 6.07) is 11.5. The summed E-state index contributed by atoms with van der Waals surface area (Å²) in [5, 5.41) is 3.70. The van der Waals surface area contributed by atoms with E-state index in [9.17, 15) is 9.59 Å². The highest BCUT2D eigenvalue weighted by Gasteiger charge is 2.25. The summed E-state index contributed by atoms with van der Waals surface area (Å²) in [6.45, 7) is 4.31. The number of carbonyl (C=O) groups is 1. The Hall–Kier alpha value is -3.42. The Morgan fingerprint density at radius 1 is 1.19 bits per heavy atom. The number of nitrogens with one attached hydrogen (secondary N) is 1. The van der Waals surface area contributed by atoms with Crippen LogP contribution >= 0.6 is 0 Å². The molecule has 0 spiro atoms. The molecule has 8 nitrogen and oxygen atoms in total. The predicted molar refractivity (Wildman–Crippen MR) is 124 cm³/mol. The van der Waals surface area contributed by atoms with E-state index < -0.39 is 0 Å². The standard InChI is InChI=1S/C24H29N5O3/c1-2-3-12-25-23-26-16-20-21(27-23)11-15-29(22(20)30)19-9-13-28(14-10-19)24(31)32-17-18-7-5-4-6-8-18/h4-8,11,15-16,19H,2-3,9-10,12-14,17H2,1H3,(H,25,26,27). The molecular weight excluding hydrogens is 406 g/mol. The van der Waals surface area contributed by atoms with Gasteiger partial charge in [-0.15, -0.1) is 0 Å². The van der Waals surface area contributed by atoms with Gasteiger partial charge in [-0.25, -0.2) is 14.8 Å². The number of amides is 1. The second kappa shape index (κ2) is 10.3. The van der Waals surface area contributed by atoms with Crippen LogP contribution in [0.1, 0.15) is 44.2 Å². The number of carbonyl (C=O) groups excluding carboxylic acids is 1. The number of rotatable bonds is 7. The molecule has 1 saturated heterocycles. The first-order chi connectivity index (χ1) is 15.7. The van der Waals surface area contributed by atoms with Crippen LogP contribution < -0.4 is 10.9 Å². The van der Waals surface area contributed by atoms with Crippen molar-refractivity contribution in [3.05, 3.63) is 64.7 Å². The molecule has 0 aliphatic carbocycles. The fraction of sp³-hybridized carbons (Fsp3) is 0.417. The number of hydrogen-bond acceptors (Lipinski definition) is 6. The van der Waals surface area contributed by atoms with Crippen LogP contribution in [-0.4, -0.2) is 45.2 Å². The number of pyridine rings is 1. The molecule has 3 aromatic rings. The highest BCUT2D eigenvalue weighted by atomic mass is 16.6. The van der Waals surface area contributed by atoms with Gasteiger partial charge in [0.1, 0.15) is 6.61 Å². The number of aromatic nitrogens is 3. The minimum atomic E-state index is -0.310. The van der Waals surface area contributed by atoms with Gasteiger partial charge in [-0.1, -0.05) is 43.7 Å². The Labute approximate surface area is 187 Å². The molecule has 1 aliphatic heterocycles. The molecule has 32 heavy (non-hydrogen) atoms. The molecule has 8 heteroatoms. The summed E-state index contributed by atoms with van der Waals surface area (Å²) in [5.74, 6) is 0.547. The van der Waals surface area contributed by atoms with Gasteiger partial charge in [-0.05, 0) is 30.9 Å². The summed E-state index contributed by atoms with van der Waals surface area (Å²) in [5.41, 5.74) is 1.51. The highest BCUT2D eigenvalue weighted by Crippen LogP contribution is 2.23. The summed E-state index contributed by atoms with van der Waals surface area (Å²) >= 11 is 0. The molecule has 1 aliphatic rings. The van der Waals surface area contributed by atoms with Crippen LogP contribution in [0.2, 0.25) is 0 Å². The SMILES string of the molecule is CCCCNc1ncc2c(=O)n(C3CCN(C(=O)OCc4ccccc4)CC3)ccc2n1. The van der Waals surface area contributed by atoms with E-state index >= 15 is 0 Å². The van der Waals surface area contributed by atoms with E-state index in [4.69, 9.17) is 4.74 Å². The van der Waals surface area contributed by atoms with Crippen LogP contribution in [-0.2, 0) is 11.3 Å². The molecule has 3 heterocycles. The molecule has 0 bridgehead atoms. The van der Waals surface area contributed by atoms with Crippen molar-refractivity contribution >= 4 is 22.9 Å². The Bertz CT molecular complexity index is 1110. The van der Waals surface area contributed by atoms with Gasteiger partial charge in [0.15, 0.2) is 0 Å². The number of ether oxygens (including phenoxy) is 1. The number of anilines is 1. The van der Waals surface area contributed by atoms with E-state index in [1.165, 1.54) is 0 Å². The second-order valence-corrected chi connectivity index (χ2v) is 8.06. The van der Waals surface area contributed by atoms with Gasteiger partial charge in [0.25, 0.3) is 5.56 Å². The quantitative estimate of drug-likeness (QED) is 0.565. The molecule has 2 aromatic heterocycles. The monoisotopic (exact) mass is 435 g/mol. The third-order valence-electron chi connectivity index (χ3n) is 5.81. The fourth-order valence-electron chi connectivity index (χ4n) is 3.93. The van der Waals surface area contributed by atoms with E-state index in [-0.39, 0.29) is 24.3 Å². The lowest BCUT2D eigenvalue weighted by Gasteiger charge is -2.32. The van der Waals surface area contributed by atoms with E-state index in [1.807, 2.05) is 42.6 Å². The average molecular weight is 436 g/mol. The summed E-state index contributed by atoms with van der Waals surface area (Å²) in [4.78, 5) is 35.9. The van der Waals surface area contributed by atoms with Crippen LogP contribution in [0.25, 0.3) is 10.9 Å². The van der Waals surface area contributed by atoms with Crippen LogP contribution in [0, 0.1) is 0 Å². The van der Waals surface area contributed by atoms with Crippen molar-refractivity contribution in [2.75, 3.05) is 25.0 Å². The van der Waals surface area contributed by atoms with Gasteiger partial charge in [-0.3, -0.25) is 4.79 Å². The van der Waals surface area contributed by atoms with Gasteiger partial charge in [0, 0.05) is 38.1 Å². The summed E-state index contributed by atoms with van der Waals surface area (Å²) in [7, 11) is 0. The Kier molecular flexibility index (Phi) is 6.99. The molecule has 1 N–H and O–H groups in total. The van der Waals surface area contributed by atoms with Crippen molar-refractivity contribution in [2.45, 2.75) is 45.3 Å². The lowest BCUT2D eigenvalue weighted by atomic mass is 10.0. The lowest BCUT2D eigenvalue weighted by Crippen LogP contribution is -2.41. The molecule has 1 amide bonds. The van der Waals surface area contributed by atoms with Crippen LogP contribution in [0.15, 0.2) is 53.6 Å². The lowest BCUT2D eigenvalue weighted by molar-refractivity contribution is 0.0829. The molecule has 1 fully saturated rings. The number of nitrogens with zero attached hydrogens (tertiary/aromatic N) is 4. The number of piperidine rings is 1. The molecule has 0 radical (unpaired) electrons.